The van der Waals surface area contributed by atoms with Crippen LogP contribution in [0.1, 0.15) is 18.4 Å². The number of aliphatic hydroxyl groups is 1. The normalized spacial score (nSPS) is 15.2. The van der Waals surface area contributed by atoms with Gasteiger partial charge in [0.2, 0.25) is 0 Å². The van der Waals surface area contributed by atoms with Crippen LogP contribution in [0.3, 0.4) is 0 Å². The van der Waals surface area contributed by atoms with Gasteiger partial charge in [0.05, 0.1) is 0 Å². The predicted octanol–water partition coefficient (Wildman–Crippen LogP) is 3.31. The summed E-state index contributed by atoms with van der Waals surface area (Å²) >= 11 is 0. The Balaban J connectivity index is 1.48. The molecule has 1 fully saturated rings. The second-order valence-electron chi connectivity index (χ2n) is 6.66. The molecule has 0 aromatic heterocycles. The van der Waals surface area contributed by atoms with Crippen LogP contribution in [-0.2, 0) is 6.42 Å². The zero-order valence-electron chi connectivity index (χ0n) is 14.5. The second kappa shape index (κ2) is 8.67. The molecular weight excluding hydrogens is 312 g/mol. The van der Waals surface area contributed by atoms with Gasteiger partial charge in [0.15, 0.2) is 0 Å². The Morgan fingerprint density at radius 3 is 2.48 bits per heavy atom. The molecule has 3 rings (SSSR count). The molecule has 0 unspecified atom stereocenters. The minimum absolute atomic E-state index is 0.00982. The molecule has 4 heteroatoms. The lowest BCUT2D eigenvalue weighted by Crippen LogP contribution is -2.45. The van der Waals surface area contributed by atoms with Crippen molar-refractivity contribution in [2.75, 3.05) is 26.2 Å². The third kappa shape index (κ3) is 4.83. The first-order valence-electron chi connectivity index (χ1n) is 9.04. The highest BCUT2D eigenvalue weighted by Crippen LogP contribution is 2.20. The Morgan fingerprint density at radius 1 is 1.04 bits per heavy atom. The smallest absolute Gasteiger partial charge is 0.317 e. The van der Waals surface area contributed by atoms with Crippen LogP contribution in [0, 0.1) is 5.92 Å². The number of hydrogen-bond donors (Lipinski definition) is 2. The monoisotopic (exact) mass is 338 g/mol. The van der Waals surface area contributed by atoms with Gasteiger partial charge in [-0.3, -0.25) is 0 Å². The van der Waals surface area contributed by atoms with Crippen LogP contribution in [0.15, 0.2) is 54.6 Å². The van der Waals surface area contributed by atoms with Crippen LogP contribution < -0.4 is 5.32 Å². The highest BCUT2D eigenvalue weighted by Gasteiger charge is 2.21. The van der Waals surface area contributed by atoms with E-state index in [0.717, 1.165) is 32.4 Å². The van der Waals surface area contributed by atoms with Gasteiger partial charge in [0.25, 0.3) is 0 Å². The Bertz CT molecular complexity index is 679. The summed E-state index contributed by atoms with van der Waals surface area (Å²) in [5, 5.41) is 12.2. The van der Waals surface area contributed by atoms with Crippen molar-refractivity contribution >= 4 is 6.03 Å². The molecule has 0 saturated carbocycles. The van der Waals surface area contributed by atoms with Crippen LogP contribution in [0.2, 0.25) is 0 Å². The highest BCUT2D eigenvalue weighted by molar-refractivity contribution is 5.74. The summed E-state index contributed by atoms with van der Waals surface area (Å²) in [5.74, 6) is 0.352. The minimum Gasteiger partial charge on any atom is -0.396 e. The van der Waals surface area contributed by atoms with Crippen LogP contribution in [0.4, 0.5) is 4.79 Å². The van der Waals surface area contributed by atoms with Gasteiger partial charge in [-0.05, 0) is 41.9 Å². The third-order valence-corrected chi connectivity index (χ3v) is 4.88. The number of likely N-dealkylation sites (tertiary alicyclic amines) is 1. The molecule has 0 bridgehead atoms. The number of carbonyl (C=O) groups is 1. The lowest BCUT2D eigenvalue weighted by Gasteiger charge is -2.31. The van der Waals surface area contributed by atoms with Crippen molar-refractivity contribution in [3.05, 3.63) is 60.2 Å². The van der Waals surface area contributed by atoms with Crippen molar-refractivity contribution in [1.29, 1.82) is 0 Å². The van der Waals surface area contributed by atoms with Gasteiger partial charge in [-0.15, -0.1) is 0 Å². The van der Waals surface area contributed by atoms with E-state index in [2.05, 4.69) is 41.7 Å². The standard InChI is InChI=1S/C21H26N2O2/c24-16-18-10-13-23(14-11-18)21(25)22-12-9-17-5-4-8-20(15-17)19-6-2-1-3-7-19/h1-8,15,18,24H,9-14,16H2,(H,22,25). The van der Waals surface area contributed by atoms with E-state index in [1.54, 1.807) is 0 Å². The van der Waals surface area contributed by atoms with Crippen LogP contribution in [0.5, 0.6) is 0 Å². The number of aliphatic hydroxyl groups excluding tert-OH is 1. The molecule has 25 heavy (non-hydrogen) atoms. The van der Waals surface area contributed by atoms with Crippen LogP contribution in [-0.4, -0.2) is 42.3 Å². The summed E-state index contributed by atoms with van der Waals surface area (Å²) in [6.07, 6.45) is 2.60. The number of nitrogens with one attached hydrogen (secondary N) is 1. The number of rotatable bonds is 5. The first-order chi connectivity index (χ1) is 12.3. The van der Waals surface area contributed by atoms with E-state index in [1.807, 2.05) is 23.1 Å². The van der Waals surface area contributed by atoms with Crippen molar-refractivity contribution in [3.63, 3.8) is 0 Å². The third-order valence-electron chi connectivity index (χ3n) is 4.88. The van der Waals surface area contributed by atoms with Crippen LogP contribution in [0.25, 0.3) is 11.1 Å². The average Bonchev–Trinajstić information content (AvgIpc) is 2.69. The van der Waals surface area contributed by atoms with E-state index < -0.39 is 0 Å². The van der Waals surface area contributed by atoms with Gasteiger partial charge >= 0.3 is 6.03 Å². The Labute approximate surface area is 149 Å². The molecule has 2 amide bonds. The number of piperidine rings is 1. The van der Waals surface area contributed by atoms with E-state index in [4.69, 9.17) is 5.11 Å². The van der Waals surface area contributed by atoms with Crippen molar-refractivity contribution in [2.24, 2.45) is 5.92 Å². The van der Waals surface area contributed by atoms with Gasteiger partial charge < -0.3 is 15.3 Å². The van der Waals surface area contributed by atoms with Crippen molar-refractivity contribution in [1.82, 2.24) is 10.2 Å². The predicted molar refractivity (Wildman–Crippen MR) is 100 cm³/mol. The molecule has 2 aromatic carbocycles. The van der Waals surface area contributed by atoms with Gasteiger partial charge in [-0.1, -0.05) is 54.6 Å². The molecule has 1 aliphatic heterocycles. The van der Waals surface area contributed by atoms with Gasteiger partial charge in [0.1, 0.15) is 0 Å². The van der Waals surface area contributed by atoms with Crippen molar-refractivity contribution in [3.8, 4) is 11.1 Å². The Hall–Kier alpha value is -2.33. The molecule has 2 N–H and O–H groups in total. The second-order valence-corrected chi connectivity index (χ2v) is 6.66. The number of carbonyl (C=O) groups excluding carboxylic acids is 1. The molecule has 0 aliphatic carbocycles. The fraction of sp³-hybridized carbons (Fsp3) is 0.381. The summed E-state index contributed by atoms with van der Waals surface area (Å²) in [4.78, 5) is 14.1. The van der Waals surface area contributed by atoms with Crippen LogP contribution >= 0.6 is 0 Å². The Morgan fingerprint density at radius 2 is 1.76 bits per heavy atom. The molecule has 0 atom stereocenters. The molecule has 1 heterocycles. The number of hydrogen-bond acceptors (Lipinski definition) is 2. The molecule has 132 valence electrons. The van der Waals surface area contributed by atoms with E-state index in [1.165, 1.54) is 16.7 Å². The fourth-order valence-electron chi connectivity index (χ4n) is 3.28. The summed E-state index contributed by atoms with van der Waals surface area (Å²) in [6.45, 7) is 2.34. The van der Waals surface area contributed by atoms with Gasteiger partial charge in [0, 0.05) is 26.2 Å². The lowest BCUT2D eigenvalue weighted by atomic mass is 9.98. The van der Waals surface area contributed by atoms with E-state index in [-0.39, 0.29) is 12.6 Å². The first kappa shape index (κ1) is 17.5. The maximum atomic E-state index is 12.2. The Kier molecular flexibility index (Phi) is 6.07. The average molecular weight is 338 g/mol. The lowest BCUT2D eigenvalue weighted by molar-refractivity contribution is 0.137. The molecule has 1 saturated heterocycles. The molecule has 4 nitrogen and oxygen atoms in total. The van der Waals surface area contributed by atoms with E-state index >= 15 is 0 Å². The zero-order chi connectivity index (χ0) is 17.5. The van der Waals surface area contributed by atoms with E-state index in [9.17, 15) is 4.79 Å². The molecule has 2 aromatic rings. The quantitative estimate of drug-likeness (QED) is 0.879. The van der Waals surface area contributed by atoms with Gasteiger partial charge in [-0.2, -0.15) is 0 Å². The topological polar surface area (TPSA) is 52.6 Å². The maximum absolute atomic E-state index is 12.2. The number of urea groups is 1. The highest BCUT2D eigenvalue weighted by atomic mass is 16.3. The van der Waals surface area contributed by atoms with Crippen molar-refractivity contribution < 1.29 is 9.90 Å². The fourth-order valence-corrected chi connectivity index (χ4v) is 3.28. The summed E-state index contributed by atoms with van der Waals surface area (Å²) in [6, 6.07) is 18.8. The number of nitrogens with zero attached hydrogens (tertiary/aromatic N) is 1. The summed E-state index contributed by atoms with van der Waals surface area (Å²) in [7, 11) is 0. The summed E-state index contributed by atoms with van der Waals surface area (Å²) < 4.78 is 0. The molecular formula is C21H26N2O2. The number of amides is 2. The molecule has 1 aliphatic rings. The first-order valence-corrected chi connectivity index (χ1v) is 9.04. The largest absolute Gasteiger partial charge is 0.396 e. The molecule has 0 spiro atoms. The maximum Gasteiger partial charge on any atom is 0.317 e. The minimum atomic E-state index is 0.00982. The van der Waals surface area contributed by atoms with Crippen molar-refractivity contribution in [2.45, 2.75) is 19.3 Å². The molecule has 0 radical (unpaired) electrons. The number of benzene rings is 2. The SMILES string of the molecule is O=C(NCCc1cccc(-c2ccccc2)c1)N1CCC(CO)CC1. The summed E-state index contributed by atoms with van der Waals surface area (Å²) in [5.41, 5.74) is 3.64. The van der Waals surface area contributed by atoms with Gasteiger partial charge in [-0.25, -0.2) is 4.79 Å². The van der Waals surface area contributed by atoms with E-state index in [0.29, 0.717) is 12.5 Å². The zero-order valence-corrected chi connectivity index (χ0v) is 14.5.